The molecule has 1 atom stereocenters. The van der Waals surface area contributed by atoms with Gasteiger partial charge in [-0.1, -0.05) is 256 Å². The predicted octanol–water partition coefficient (Wildman–Crippen LogP) is 19.0. The Morgan fingerprint density at radius 3 is 1.00 bits per heavy atom. The molecule has 0 heterocycles. The van der Waals surface area contributed by atoms with Crippen molar-refractivity contribution in [2.75, 3.05) is 13.2 Å². The van der Waals surface area contributed by atoms with Crippen LogP contribution in [0.15, 0.2) is 48.6 Å². The Bertz CT molecular complexity index is 1150. The highest BCUT2D eigenvalue weighted by Crippen LogP contribution is 2.16. The van der Waals surface area contributed by atoms with Crippen molar-refractivity contribution in [3.63, 3.8) is 0 Å². The number of unbranched alkanes of at least 4 members (excludes halogenated alkanes) is 33. The average molecular weight is 926 g/mol. The lowest BCUT2D eigenvalue weighted by atomic mass is 10.0. The maximum atomic E-state index is 12.8. The molecule has 0 bridgehead atoms. The molecule has 0 rings (SSSR count). The summed E-state index contributed by atoms with van der Waals surface area (Å²) in [6, 6.07) is 0. The van der Waals surface area contributed by atoms with E-state index in [1.165, 1.54) is 186 Å². The summed E-state index contributed by atoms with van der Waals surface area (Å²) >= 11 is 0. The number of hydrogen-bond acceptors (Lipinski definition) is 6. The molecule has 0 aromatic carbocycles. The molecule has 0 amide bonds. The van der Waals surface area contributed by atoms with Gasteiger partial charge in [0.1, 0.15) is 13.2 Å². The first-order valence-corrected chi connectivity index (χ1v) is 28.6. The highest BCUT2D eigenvalue weighted by molar-refractivity contribution is 5.71. The minimum atomic E-state index is -0.792. The normalized spacial score (nSPS) is 12.3. The van der Waals surface area contributed by atoms with Crippen LogP contribution in [0, 0.1) is 0 Å². The molecule has 384 valence electrons. The van der Waals surface area contributed by atoms with Crippen molar-refractivity contribution < 1.29 is 28.6 Å². The van der Waals surface area contributed by atoms with Crippen molar-refractivity contribution in [3.05, 3.63) is 48.6 Å². The number of rotatable bonds is 52. The first kappa shape index (κ1) is 63.4. The topological polar surface area (TPSA) is 78.9 Å². The van der Waals surface area contributed by atoms with E-state index in [0.29, 0.717) is 19.3 Å². The summed E-state index contributed by atoms with van der Waals surface area (Å²) in [5.74, 6) is -0.935. The van der Waals surface area contributed by atoms with E-state index in [4.69, 9.17) is 14.2 Å². The molecule has 0 saturated carbocycles. The fourth-order valence-corrected chi connectivity index (χ4v) is 8.29. The second-order valence-electron chi connectivity index (χ2n) is 19.2. The van der Waals surface area contributed by atoms with Crippen LogP contribution < -0.4 is 0 Å². The molecule has 0 radical (unpaired) electrons. The largest absolute Gasteiger partial charge is 0.462 e. The van der Waals surface area contributed by atoms with Gasteiger partial charge in [-0.2, -0.15) is 0 Å². The van der Waals surface area contributed by atoms with E-state index in [1.54, 1.807) is 0 Å². The van der Waals surface area contributed by atoms with Gasteiger partial charge in [0, 0.05) is 19.3 Å². The molecular formula is C60H108O6. The Hall–Kier alpha value is -2.63. The summed E-state index contributed by atoms with van der Waals surface area (Å²) in [6.45, 7) is 6.51. The number of esters is 3. The van der Waals surface area contributed by atoms with Gasteiger partial charge >= 0.3 is 17.9 Å². The molecule has 6 heteroatoms. The maximum absolute atomic E-state index is 12.8. The molecule has 0 saturated heterocycles. The van der Waals surface area contributed by atoms with E-state index >= 15 is 0 Å². The Balaban J connectivity index is 4.33. The highest BCUT2D eigenvalue weighted by atomic mass is 16.6. The lowest BCUT2D eigenvalue weighted by molar-refractivity contribution is -0.167. The molecular weight excluding hydrogens is 817 g/mol. The molecule has 0 aliphatic heterocycles. The van der Waals surface area contributed by atoms with Gasteiger partial charge < -0.3 is 14.2 Å². The molecule has 0 fully saturated rings. The summed E-state index contributed by atoms with van der Waals surface area (Å²) in [4.78, 5) is 38.0. The lowest BCUT2D eigenvalue weighted by Gasteiger charge is -2.18. The third-order valence-electron chi connectivity index (χ3n) is 12.6. The third kappa shape index (κ3) is 52.3. The zero-order valence-corrected chi connectivity index (χ0v) is 44.0. The monoisotopic (exact) mass is 925 g/mol. The number of hydrogen-bond donors (Lipinski definition) is 0. The van der Waals surface area contributed by atoms with Crippen LogP contribution in [0.25, 0.3) is 0 Å². The first-order chi connectivity index (χ1) is 32.5. The maximum Gasteiger partial charge on any atom is 0.306 e. The second-order valence-corrected chi connectivity index (χ2v) is 19.2. The van der Waals surface area contributed by atoms with Gasteiger partial charge in [-0.3, -0.25) is 14.4 Å². The van der Waals surface area contributed by atoms with Gasteiger partial charge in [0.2, 0.25) is 0 Å². The average Bonchev–Trinajstić information content (AvgIpc) is 3.31. The van der Waals surface area contributed by atoms with Crippen molar-refractivity contribution in [2.45, 2.75) is 303 Å². The smallest absolute Gasteiger partial charge is 0.306 e. The highest BCUT2D eigenvalue weighted by Gasteiger charge is 2.19. The Morgan fingerprint density at radius 2 is 0.606 bits per heavy atom. The molecule has 0 N–H and O–H groups in total. The van der Waals surface area contributed by atoms with Gasteiger partial charge in [0.15, 0.2) is 6.10 Å². The minimum absolute atomic E-state index is 0.0883. The van der Waals surface area contributed by atoms with Crippen LogP contribution in [0.2, 0.25) is 0 Å². The zero-order valence-electron chi connectivity index (χ0n) is 44.0. The van der Waals surface area contributed by atoms with E-state index in [0.717, 1.165) is 64.2 Å². The van der Waals surface area contributed by atoms with Gasteiger partial charge in [-0.05, 0) is 70.6 Å². The molecule has 0 spiro atoms. The van der Waals surface area contributed by atoms with Gasteiger partial charge in [0.05, 0.1) is 0 Å². The molecule has 0 aliphatic rings. The van der Waals surface area contributed by atoms with Crippen molar-refractivity contribution in [2.24, 2.45) is 0 Å². The van der Waals surface area contributed by atoms with Gasteiger partial charge in [0.25, 0.3) is 0 Å². The van der Waals surface area contributed by atoms with Gasteiger partial charge in [-0.25, -0.2) is 0 Å². The second kappa shape index (κ2) is 55.0. The van der Waals surface area contributed by atoms with Crippen LogP contribution in [0.4, 0.5) is 0 Å². The summed E-state index contributed by atoms with van der Waals surface area (Å²) < 4.78 is 16.8. The van der Waals surface area contributed by atoms with Crippen LogP contribution >= 0.6 is 0 Å². The number of carbonyl (C=O) groups excluding carboxylic acids is 3. The molecule has 0 aromatic rings. The zero-order chi connectivity index (χ0) is 47.9. The molecule has 0 aromatic heterocycles. The fraction of sp³-hybridized carbons (Fsp3) is 0.817. The quantitative estimate of drug-likeness (QED) is 0.0262. The molecule has 1 unspecified atom stereocenters. The van der Waals surface area contributed by atoms with Crippen LogP contribution in [0.1, 0.15) is 297 Å². The Labute approximate surface area is 409 Å². The van der Waals surface area contributed by atoms with Crippen LogP contribution in [-0.2, 0) is 28.6 Å². The van der Waals surface area contributed by atoms with Crippen LogP contribution in [-0.4, -0.2) is 37.2 Å². The van der Waals surface area contributed by atoms with E-state index in [2.05, 4.69) is 69.4 Å². The van der Waals surface area contributed by atoms with E-state index in [9.17, 15) is 14.4 Å². The number of carbonyl (C=O) groups is 3. The summed E-state index contributed by atoms with van der Waals surface area (Å²) in [5, 5.41) is 0. The SMILES string of the molecule is CC/C=C\C/C=C\C/C=C\CCCC(=O)OCC(COC(=O)CCCCCCCCC/C=C\CCCCCCCCCC)OC(=O)CCCCCCCCCCCCCCCCCCCC. The predicted molar refractivity (Wildman–Crippen MR) is 284 cm³/mol. The standard InChI is InChI=1S/C60H108O6/c1-4-7-10-13-16-19-22-24-26-28-30-32-33-35-38-41-44-47-50-53-59(62)65-56-57(55-64-58(61)52-49-46-43-40-37-21-18-15-12-9-6-3)66-60(63)54-51-48-45-42-39-36-34-31-29-27-25-23-20-17-14-11-8-5-2/h9,12,18,21,28,30,40,43,57H,4-8,10-11,13-17,19-20,22-27,29,31-39,41-42,44-56H2,1-3H3/b12-9-,21-18-,30-28-,43-40-. The van der Waals surface area contributed by atoms with Crippen LogP contribution in [0.5, 0.6) is 0 Å². The number of ether oxygens (including phenoxy) is 3. The van der Waals surface area contributed by atoms with E-state index in [1.807, 2.05) is 0 Å². The number of allylic oxidation sites excluding steroid dienone is 8. The van der Waals surface area contributed by atoms with E-state index < -0.39 is 6.10 Å². The summed E-state index contributed by atoms with van der Waals surface area (Å²) in [6.07, 6.45) is 66.9. The first-order valence-electron chi connectivity index (χ1n) is 28.6. The molecule has 0 aliphatic carbocycles. The van der Waals surface area contributed by atoms with Crippen molar-refractivity contribution in [1.29, 1.82) is 0 Å². The Morgan fingerprint density at radius 1 is 0.318 bits per heavy atom. The van der Waals surface area contributed by atoms with Crippen molar-refractivity contribution >= 4 is 17.9 Å². The Kier molecular flexibility index (Phi) is 52.8. The van der Waals surface area contributed by atoms with Crippen molar-refractivity contribution in [3.8, 4) is 0 Å². The third-order valence-corrected chi connectivity index (χ3v) is 12.6. The van der Waals surface area contributed by atoms with Crippen molar-refractivity contribution in [1.82, 2.24) is 0 Å². The van der Waals surface area contributed by atoms with E-state index in [-0.39, 0.29) is 37.5 Å². The van der Waals surface area contributed by atoms with Crippen LogP contribution in [0.3, 0.4) is 0 Å². The molecule has 6 nitrogen and oxygen atoms in total. The summed E-state index contributed by atoms with van der Waals surface area (Å²) in [5.41, 5.74) is 0. The van der Waals surface area contributed by atoms with Gasteiger partial charge in [-0.15, -0.1) is 0 Å². The lowest BCUT2D eigenvalue weighted by Crippen LogP contribution is -2.30. The molecule has 66 heavy (non-hydrogen) atoms. The summed E-state index contributed by atoms with van der Waals surface area (Å²) in [7, 11) is 0. The minimum Gasteiger partial charge on any atom is -0.462 e. The fourth-order valence-electron chi connectivity index (χ4n) is 8.29.